The van der Waals surface area contributed by atoms with E-state index in [9.17, 15) is 4.79 Å². The smallest absolute Gasteiger partial charge is 0.319 e. The van der Waals surface area contributed by atoms with Crippen molar-refractivity contribution >= 4 is 11.7 Å². The number of rotatable bonds is 5. The average molecular weight is 326 g/mol. The molecule has 0 saturated carbocycles. The quantitative estimate of drug-likeness (QED) is 0.744. The number of aromatic nitrogens is 2. The van der Waals surface area contributed by atoms with Crippen LogP contribution in [0.1, 0.15) is 31.4 Å². The number of urea groups is 1. The maximum absolute atomic E-state index is 11.8. The van der Waals surface area contributed by atoms with Gasteiger partial charge in [0.15, 0.2) is 5.82 Å². The number of anilines is 1. The minimum atomic E-state index is -0.306. The number of hydrogen-bond acceptors (Lipinski definition) is 5. The number of carbonyl (C=O) groups is 1. The van der Waals surface area contributed by atoms with E-state index in [1.54, 1.807) is 30.5 Å². The summed E-state index contributed by atoms with van der Waals surface area (Å²) in [6.45, 7) is 4.34. The molecular formula is C17H18N4O3. The first-order valence-electron chi connectivity index (χ1n) is 7.63. The van der Waals surface area contributed by atoms with Crippen molar-refractivity contribution in [2.45, 2.75) is 26.3 Å². The highest BCUT2D eigenvalue weighted by Crippen LogP contribution is 2.21. The van der Waals surface area contributed by atoms with Crippen LogP contribution in [0.4, 0.5) is 10.5 Å². The summed E-state index contributed by atoms with van der Waals surface area (Å²) >= 11 is 0. The number of nitrogens with zero attached hydrogens (tertiary/aromatic N) is 2. The van der Waals surface area contributed by atoms with Gasteiger partial charge in [0.1, 0.15) is 5.76 Å². The summed E-state index contributed by atoms with van der Waals surface area (Å²) in [5.41, 5.74) is 1.47. The van der Waals surface area contributed by atoms with Crippen LogP contribution in [0.2, 0.25) is 0 Å². The summed E-state index contributed by atoms with van der Waals surface area (Å²) in [6, 6.07) is 10.5. The van der Waals surface area contributed by atoms with Crippen LogP contribution in [0.25, 0.3) is 11.5 Å². The van der Waals surface area contributed by atoms with Crippen molar-refractivity contribution in [2.75, 3.05) is 5.32 Å². The monoisotopic (exact) mass is 326 g/mol. The molecule has 3 rings (SSSR count). The predicted octanol–water partition coefficient (Wildman–Crippen LogP) is 3.77. The summed E-state index contributed by atoms with van der Waals surface area (Å²) in [5, 5.41) is 9.40. The molecule has 2 amide bonds. The maximum Gasteiger partial charge on any atom is 0.319 e. The number of carbonyl (C=O) groups excluding carboxylic acids is 1. The van der Waals surface area contributed by atoms with Crippen molar-refractivity contribution in [3.8, 4) is 11.5 Å². The number of hydrogen-bond donors (Lipinski definition) is 2. The predicted molar refractivity (Wildman–Crippen MR) is 88.4 cm³/mol. The molecule has 2 heterocycles. The largest absolute Gasteiger partial charge is 0.467 e. The number of amides is 2. The van der Waals surface area contributed by atoms with E-state index in [-0.39, 0.29) is 11.9 Å². The fraction of sp³-hybridized carbons (Fsp3) is 0.235. The van der Waals surface area contributed by atoms with Gasteiger partial charge in [-0.05, 0) is 36.4 Å². The van der Waals surface area contributed by atoms with Gasteiger partial charge in [-0.3, -0.25) is 0 Å². The molecule has 0 aliphatic heterocycles. The third kappa shape index (κ3) is 3.81. The molecule has 124 valence electrons. The van der Waals surface area contributed by atoms with E-state index in [2.05, 4.69) is 20.8 Å². The van der Waals surface area contributed by atoms with Crippen LogP contribution in [0.5, 0.6) is 0 Å². The van der Waals surface area contributed by atoms with Crippen LogP contribution in [-0.4, -0.2) is 16.2 Å². The highest BCUT2D eigenvalue weighted by Gasteiger charge is 2.11. The Labute approximate surface area is 139 Å². The topological polar surface area (TPSA) is 93.2 Å². The summed E-state index contributed by atoms with van der Waals surface area (Å²) in [6.07, 6.45) is 1.57. The lowest BCUT2D eigenvalue weighted by Crippen LogP contribution is -2.27. The third-order valence-corrected chi connectivity index (χ3v) is 3.35. The van der Waals surface area contributed by atoms with Gasteiger partial charge in [-0.1, -0.05) is 19.0 Å². The summed E-state index contributed by atoms with van der Waals surface area (Å²) in [7, 11) is 0. The molecule has 7 nitrogen and oxygen atoms in total. The van der Waals surface area contributed by atoms with Gasteiger partial charge in [0, 0.05) is 17.2 Å². The van der Waals surface area contributed by atoms with Crippen molar-refractivity contribution in [1.82, 2.24) is 15.5 Å². The molecule has 1 aromatic carbocycles. The molecule has 0 aliphatic carbocycles. The lowest BCUT2D eigenvalue weighted by Gasteiger charge is -2.06. The first-order chi connectivity index (χ1) is 11.6. The van der Waals surface area contributed by atoms with E-state index in [4.69, 9.17) is 8.94 Å². The summed E-state index contributed by atoms with van der Waals surface area (Å²) in [5.74, 6) is 2.04. The van der Waals surface area contributed by atoms with E-state index in [0.717, 1.165) is 5.56 Å². The normalized spacial score (nSPS) is 10.8. The SMILES string of the molecule is CC(C)c1noc(-c2ccc(NC(=O)NCc3ccco3)cc2)n1. The zero-order chi connectivity index (χ0) is 16.9. The number of furan rings is 1. The van der Waals surface area contributed by atoms with E-state index in [0.29, 0.717) is 29.7 Å². The van der Waals surface area contributed by atoms with Gasteiger partial charge in [-0.25, -0.2) is 4.79 Å². The Morgan fingerprint density at radius 1 is 1.21 bits per heavy atom. The Kier molecular flexibility index (Phi) is 4.60. The van der Waals surface area contributed by atoms with Gasteiger partial charge < -0.3 is 19.6 Å². The van der Waals surface area contributed by atoms with Gasteiger partial charge >= 0.3 is 6.03 Å². The maximum atomic E-state index is 11.8. The Bertz CT molecular complexity index is 792. The molecule has 0 aliphatic rings. The lowest BCUT2D eigenvalue weighted by molar-refractivity contribution is 0.251. The first-order valence-corrected chi connectivity index (χ1v) is 7.63. The summed E-state index contributed by atoms with van der Waals surface area (Å²) < 4.78 is 10.4. The molecule has 3 aromatic rings. The molecule has 24 heavy (non-hydrogen) atoms. The highest BCUT2D eigenvalue weighted by atomic mass is 16.5. The van der Waals surface area contributed by atoms with Gasteiger partial charge in [-0.2, -0.15) is 4.98 Å². The molecular weight excluding hydrogens is 308 g/mol. The Hall–Kier alpha value is -3.09. The van der Waals surface area contributed by atoms with Gasteiger partial charge in [0.25, 0.3) is 5.89 Å². The van der Waals surface area contributed by atoms with Crippen molar-refractivity contribution < 1.29 is 13.7 Å². The van der Waals surface area contributed by atoms with E-state index in [1.807, 2.05) is 26.0 Å². The standard InChI is InChI=1S/C17H18N4O3/c1-11(2)15-20-16(24-21-15)12-5-7-13(8-6-12)19-17(22)18-10-14-4-3-9-23-14/h3-9,11H,10H2,1-2H3,(H2,18,19,22). The zero-order valence-corrected chi connectivity index (χ0v) is 13.4. The molecule has 2 aromatic heterocycles. The summed E-state index contributed by atoms with van der Waals surface area (Å²) in [4.78, 5) is 16.2. The zero-order valence-electron chi connectivity index (χ0n) is 13.4. The Morgan fingerprint density at radius 3 is 2.62 bits per heavy atom. The molecule has 0 spiro atoms. The lowest BCUT2D eigenvalue weighted by atomic mass is 10.2. The van der Waals surface area contributed by atoms with E-state index < -0.39 is 0 Å². The molecule has 0 unspecified atom stereocenters. The molecule has 0 atom stereocenters. The van der Waals surface area contributed by atoms with Crippen molar-refractivity contribution in [2.24, 2.45) is 0 Å². The van der Waals surface area contributed by atoms with Crippen LogP contribution in [0, 0.1) is 0 Å². The minimum Gasteiger partial charge on any atom is -0.467 e. The van der Waals surface area contributed by atoms with Crippen LogP contribution < -0.4 is 10.6 Å². The fourth-order valence-corrected chi connectivity index (χ4v) is 2.04. The Morgan fingerprint density at radius 2 is 2.00 bits per heavy atom. The van der Waals surface area contributed by atoms with Gasteiger partial charge in [-0.15, -0.1) is 0 Å². The van der Waals surface area contributed by atoms with Crippen LogP contribution in [-0.2, 0) is 6.54 Å². The number of benzene rings is 1. The molecule has 7 heteroatoms. The molecule has 0 bridgehead atoms. The van der Waals surface area contributed by atoms with E-state index >= 15 is 0 Å². The van der Waals surface area contributed by atoms with Crippen molar-refractivity contribution in [3.05, 3.63) is 54.2 Å². The van der Waals surface area contributed by atoms with Crippen LogP contribution in [0.15, 0.2) is 51.6 Å². The van der Waals surface area contributed by atoms with Crippen molar-refractivity contribution in [1.29, 1.82) is 0 Å². The highest BCUT2D eigenvalue weighted by molar-refractivity contribution is 5.89. The fourth-order valence-electron chi connectivity index (χ4n) is 2.04. The van der Waals surface area contributed by atoms with Gasteiger partial charge in [0.05, 0.1) is 12.8 Å². The van der Waals surface area contributed by atoms with Crippen molar-refractivity contribution in [3.63, 3.8) is 0 Å². The molecule has 0 fully saturated rings. The van der Waals surface area contributed by atoms with E-state index in [1.165, 1.54) is 0 Å². The second-order valence-corrected chi connectivity index (χ2v) is 5.58. The average Bonchev–Trinajstić information content (AvgIpc) is 3.25. The minimum absolute atomic E-state index is 0.210. The molecule has 0 radical (unpaired) electrons. The third-order valence-electron chi connectivity index (χ3n) is 3.35. The second kappa shape index (κ2) is 6.99. The number of nitrogens with one attached hydrogen (secondary N) is 2. The van der Waals surface area contributed by atoms with Gasteiger partial charge in [0.2, 0.25) is 0 Å². The van der Waals surface area contributed by atoms with Crippen LogP contribution in [0.3, 0.4) is 0 Å². The first kappa shape index (κ1) is 15.8. The second-order valence-electron chi connectivity index (χ2n) is 5.58. The molecule has 0 saturated heterocycles. The van der Waals surface area contributed by atoms with Crippen LogP contribution >= 0.6 is 0 Å². The molecule has 2 N–H and O–H groups in total. The Balaban J connectivity index is 1.58.